The van der Waals surface area contributed by atoms with Crippen molar-refractivity contribution in [1.29, 1.82) is 0 Å². The van der Waals surface area contributed by atoms with Gasteiger partial charge >= 0.3 is 0 Å². The average Bonchev–Trinajstić information content (AvgIpc) is 2.90. The molecule has 0 aliphatic carbocycles. The molecule has 1 atom stereocenters. The summed E-state index contributed by atoms with van der Waals surface area (Å²) >= 11 is 6.10. The van der Waals surface area contributed by atoms with Gasteiger partial charge in [0, 0.05) is 11.1 Å². The summed E-state index contributed by atoms with van der Waals surface area (Å²) in [5.41, 5.74) is 6.45. The lowest BCUT2D eigenvalue weighted by atomic mass is 10.1. The highest BCUT2D eigenvalue weighted by Gasteiger charge is 2.14. The van der Waals surface area contributed by atoms with E-state index in [4.69, 9.17) is 21.8 Å². The molecular weight excluding hydrogens is 276 g/mol. The van der Waals surface area contributed by atoms with Crippen LogP contribution < -0.4 is 11.1 Å². The van der Waals surface area contributed by atoms with Crippen molar-refractivity contribution >= 4 is 17.5 Å². The Morgan fingerprint density at radius 1 is 1.35 bits per heavy atom. The minimum Gasteiger partial charge on any atom is -0.455 e. The summed E-state index contributed by atoms with van der Waals surface area (Å²) in [6, 6.07) is 10.9. The van der Waals surface area contributed by atoms with E-state index < -0.39 is 0 Å². The number of nitrogens with two attached hydrogens (primary N) is 1. The molecule has 0 spiro atoms. The Hall–Kier alpha value is -1.78. The topological polar surface area (TPSA) is 68.3 Å². The van der Waals surface area contributed by atoms with Gasteiger partial charge in [0.1, 0.15) is 5.76 Å². The summed E-state index contributed by atoms with van der Waals surface area (Å²) in [5.74, 6) is 0.620. The number of carbonyl (C=O) groups excluding carboxylic acids is 1. The molecule has 0 aliphatic rings. The van der Waals surface area contributed by atoms with Crippen molar-refractivity contribution < 1.29 is 9.21 Å². The minimum atomic E-state index is -0.246. The maximum absolute atomic E-state index is 12.0. The van der Waals surface area contributed by atoms with Crippen molar-refractivity contribution in [3.63, 3.8) is 0 Å². The monoisotopic (exact) mass is 292 g/mol. The number of halogens is 1. The fraction of sp³-hybridized carbons (Fsp3) is 0.267. The van der Waals surface area contributed by atoms with Crippen LogP contribution in [0, 0.1) is 0 Å². The van der Waals surface area contributed by atoms with Crippen molar-refractivity contribution in [2.24, 2.45) is 5.73 Å². The van der Waals surface area contributed by atoms with Crippen LogP contribution in [-0.4, -0.2) is 11.9 Å². The number of nitrogens with one attached hydrogen (secondary N) is 1. The molecule has 0 bridgehead atoms. The van der Waals surface area contributed by atoms with Gasteiger partial charge < -0.3 is 15.5 Å². The standard InChI is InChI=1S/C15H17ClN2O2/c1-10(8-11-4-2-3-5-13(11)16)18-15(19)14-7-6-12(9-17)20-14/h2-7,10H,8-9,17H2,1H3,(H,18,19). The second kappa shape index (κ2) is 6.59. The summed E-state index contributed by atoms with van der Waals surface area (Å²) in [4.78, 5) is 12.0. The van der Waals surface area contributed by atoms with Crippen LogP contribution in [0.3, 0.4) is 0 Å². The zero-order chi connectivity index (χ0) is 14.5. The van der Waals surface area contributed by atoms with Gasteiger partial charge in [-0.25, -0.2) is 0 Å². The Balaban J connectivity index is 1.96. The Kier molecular flexibility index (Phi) is 4.82. The van der Waals surface area contributed by atoms with Gasteiger partial charge in [0.2, 0.25) is 0 Å². The van der Waals surface area contributed by atoms with Crippen molar-refractivity contribution in [1.82, 2.24) is 5.32 Å². The van der Waals surface area contributed by atoms with E-state index in [1.54, 1.807) is 12.1 Å². The zero-order valence-corrected chi connectivity index (χ0v) is 12.0. The molecule has 5 heteroatoms. The molecule has 4 nitrogen and oxygen atoms in total. The van der Waals surface area contributed by atoms with Crippen LogP contribution in [0.25, 0.3) is 0 Å². The molecule has 1 unspecified atom stereocenters. The van der Waals surface area contributed by atoms with Gasteiger partial charge in [0.25, 0.3) is 5.91 Å². The molecule has 2 rings (SSSR count). The molecule has 3 N–H and O–H groups in total. The first kappa shape index (κ1) is 14.6. The highest BCUT2D eigenvalue weighted by Crippen LogP contribution is 2.16. The largest absolute Gasteiger partial charge is 0.455 e. The van der Waals surface area contributed by atoms with Crippen LogP contribution in [0.5, 0.6) is 0 Å². The predicted octanol–water partition coefficient (Wildman–Crippen LogP) is 2.75. The molecule has 1 aromatic carbocycles. The van der Waals surface area contributed by atoms with E-state index in [0.717, 1.165) is 5.56 Å². The summed E-state index contributed by atoms with van der Waals surface area (Å²) in [6.45, 7) is 2.20. The Bertz CT molecular complexity index is 595. The van der Waals surface area contributed by atoms with Crippen molar-refractivity contribution in [3.05, 3.63) is 58.5 Å². The molecule has 0 saturated carbocycles. The second-order valence-corrected chi connectivity index (χ2v) is 5.05. The number of rotatable bonds is 5. The van der Waals surface area contributed by atoms with Gasteiger partial charge in [-0.15, -0.1) is 0 Å². The van der Waals surface area contributed by atoms with Gasteiger partial charge in [-0.2, -0.15) is 0 Å². The first-order chi connectivity index (χ1) is 9.60. The molecule has 2 aromatic rings. The van der Waals surface area contributed by atoms with Crippen molar-refractivity contribution in [2.75, 3.05) is 0 Å². The highest BCUT2D eigenvalue weighted by molar-refractivity contribution is 6.31. The maximum Gasteiger partial charge on any atom is 0.287 e. The van der Waals surface area contributed by atoms with Gasteiger partial charge in [-0.05, 0) is 37.1 Å². The van der Waals surface area contributed by atoms with Crippen LogP contribution in [0.15, 0.2) is 40.8 Å². The molecule has 1 aromatic heterocycles. The number of furan rings is 1. The van der Waals surface area contributed by atoms with Gasteiger partial charge in [-0.3, -0.25) is 4.79 Å². The Morgan fingerprint density at radius 3 is 2.75 bits per heavy atom. The molecule has 0 aliphatic heterocycles. The molecule has 1 heterocycles. The van der Waals surface area contributed by atoms with Gasteiger partial charge in [0.05, 0.1) is 6.54 Å². The minimum absolute atomic E-state index is 0.0474. The van der Waals surface area contributed by atoms with E-state index in [2.05, 4.69) is 5.32 Å². The average molecular weight is 293 g/mol. The molecule has 106 valence electrons. The maximum atomic E-state index is 12.0. The van der Waals surface area contributed by atoms with Crippen LogP contribution in [0.4, 0.5) is 0 Å². The summed E-state index contributed by atoms with van der Waals surface area (Å²) in [7, 11) is 0. The highest BCUT2D eigenvalue weighted by atomic mass is 35.5. The normalized spacial score (nSPS) is 12.2. The molecule has 0 radical (unpaired) electrons. The van der Waals surface area contributed by atoms with E-state index in [9.17, 15) is 4.79 Å². The molecule has 20 heavy (non-hydrogen) atoms. The summed E-state index contributed by atoms with van der Waals surface area (Å²) in [5, 5.41) is 3.58. The summed E-state index contributed by atoms with van der Waals surface area (Å²) in [6.07, 6.45) is 0.663. The molecule has 0 saturated heterocycles. The Morgan fingerprint density at radius 2 is 2.10 bits per heavy atom. The lowest BCUT2D eigenvalue weighted by Crippen LogP contribution is -2.33. The predicted molar refractivity (Wildman–Crippen MR) is 78.7 cm³/mol. The zero-order valence-electron chi connectivity index (χ0n) is 11.2. The number of hydrogen-bond acceptors (Lipinski definition) is 3. The number of amides is 1. The van der Waals surface area contributed by atoms with E-state index in [-0.39, 0.29) is 24.3 Å². The lowest BCUT2D eigenvalue weighted by Gasteiger charge is -2.13. The van der Waals surface area contributed by atoms with Crippen molar-refractivity contribution in [3.8, 4) is 0 Å². The molecule has 0 fully saturated rings. The van der Waals surface area contributed by atoms with E-state index in [1.165, 1.54) is 0 Å². The van der Waals surface area contributed by atoms with E-state index in [1.807, 2.05) is 31.2 Å². The number of hydrogen-bond donors (Lipinski definition) is 2. The lowest BCUT2D eigenvalue weighted by molar-refractivity contribution is 0.0910. The number of carbonyl (C=O) groups is 1. The van der Waals surface area contributed by atoms with Crippen molar-refractivity contribution in [2.45, 2.75) is 25.9 Å². The van der Waals surface area contributed by atoms with Crippen LogP contribution in [0.1, 0.15) is 28.8 Å². The van der Waals surface area contributed by atoms with Crippen LogP contribution >= 0.6 is 11.6 Å². The van der Waals surface area contributed by atoms with Crippen LogP contribution in [-0.2, 0) is 13.0 Å². The smallest absolute Gasteiger partial charge is 0.287 e. The number of benzene rings is 1. The van der Waals surface area contributed by atoms with E-state index >= 15 is 0 Å². The van der Waals surface area contributed by atoms with Gasteiger partial charge in [-0.1, -0.05) is 29.8 Å². The fourth-order valence-electron chi connectivity index (χ4n) is 1.95. The third-order valence-corrected chi connectivity index (χ3v) is 3.32. The quantitative estimate of drug-likeness (QED) is 0.890. The van der Waals surface area contributed by atoms with E-state index in [0.29, 0.717) is 17.2 Å². The molecular formula is C15H17ClN2O2. The SMILES string of the molecule is CC(Cc1ccccc1Cl)NC(=O)c1ccc(CN)o1. The fourth-order valence-corrected chi connectivity index (χ4v) is 2.16. The first-order valence-corrected chi connectivity index (χ1v) is 6.81. The third kappa shape index (κ3) is 3.62. The third-order valence-electron chi connectivity index (χ3n) is 2.95. The summed E-state index contributed by atoms with van der Waals surface area (Å²) < 4.78 is 5.31. The van der Waals surface area contributed by atoms with Gasteiger partial charge in [0.15, 0.2) is 5.76 Å². The molecule has 1 amide bonds. The Labute approximate surface area is 122 Å². The second-order valence-electron chi connectivity index (χ2n) is 4.64. The first-order valence-electron chi connectivity index (χ1n) is 6.43. The van der Waals surface area contributed by atoms with Crippen LogP contribution in [0.2, 0.25) is 5.02 Å².